The second-order valence-electron chi connectivity index (χ2n) is 5.15. The highest BCUT2D eigenvalue weighted by molar-refractivity contribution is 6.03. The molecular weight excluding hydrogens is 319 g/mol. The molecule has 2 aromatic carbocycles. The molecular formula is C19H13FN4O. The van der Waals surface area contributed by atoms with Gasteiger partial charge in [0.25, 0.3) is 5.91 Å². The number of amides is 1. The van der Waals surface area contributed by atoms with Crippen molar-refractivity contribution in [2.24, 2.45) is 0 Å². The fraction of sp³-hybridized carbons (Fsp3) is 0. The molecule has 122 valence electrons. The van der Waals surface area contributed by atoms with E-state index in [1.165, 1.54) is 24.4 Å². The summed E-state index contributed by atoms with van der Waals surface area (Å²) in [5.41, 5.74) is 1.91. The number of benzene rings is 2. The molecule has 0 spiro atoms. The van der Waals surface area contributed by atoms with Crippen LogP contribution in [0.1, 0.15) is 16.1 Å². The summed E-state index contributed by atoms with van der Waals surface area (Å²) >= 11 is 0. The van der Waals surface area contributed by atoms with Gasteiger partial charge in [0.05, 0.1) is 16.9 Å². The highest BCUT2D eigenvalue weighted by atomic mass is 19.1. The van der Waals surface area contributed by atoms with Crippen molar-refractivity contribution in [3.63, 3.8) is 0 Å². The molecule has 3 aromatic rings. The third-order valence-corrected chi connectivity index (χ3v) is 3.44. The predicted octanol–water partition coefficient (Wildman–Crippen LogP) is 4.09. The van der Waals surface area contributed by atoms with Crippen LogP contribution in [0.3, 0.4) is 0 Å². The Kier molecular flexibility index (Phi) is 4.67. The van der Waals surface area contributed by atoms with Crippen LogP contribution in [0.25, 0.3) is 0 Å². The van der Waals surface area contributed by atoms with E-state index < -0.39 is 11.7 Å². The molecule has 1 heterocycles. The molecule has 0 unspecified atom stereocenters. The summed E-state index contributed by atoms with van der Waals surface area (Å²) in [6.07, 6.45) is 1.47. The maximum absolute atomic E-state index is 13.6. The fourth-order valence-electron chi connectivity index (χ4n) is 2.23. The summed E-state index contributed by atoms with van der Waals surface area (Å²) in [7, 11) is 0. The molecule has 6 heteroatoms. The quantitative estimate of drug-likeness (QED) is 0.754. The Balaban J connectivity index is 1.81. The van der Waals surface area contributed by atoms with Crippen LogP contribution < -0.4 is 10.6 Å². The number of carbonyl (C=O) groups is 1. The maximum atomic E-state index is 13.6. The van der Waals surface area contributed by atoms with Crippen LogP contribution in [0.4, 0.5) is 21.5 Å². The van der Waals surface area contributed by atoms with Gasteiger partial charge in [-0.15, -0.1) is 0 Å². The van der Waals surface area contributed by atoms with Gasteiger partial charge >= 0.3 is 0 Å². The second-order valence-corrected chi connectivity index (χ2v) is 5.15. The van der Waals surface area contributed by atoms with Gasteiger partial charge in [-0.2, -0.15) is 5.26 Å². The van der Waals surface area contributed by atoms with Gasteiger partial charge in [0, 0.05) is 11.9 Å². The minimum Gasteiger partial charge on any atom is -0.354 e. The second kappa shape index (κ2) is 7.23. The van der Waals surface area contributed by atoms with Gasteiger partial charge in [0.2, 0.25) is 0 Å². The molecule has 1 aromatic heterocycles. The van der Waals surface area contributed by atoms with Crippen molar-refractivity contribution in [1.82, 2.24) is 4.98 Å². The smallest absolute Gasteiger partial charge is 0.274 e. The minimum absolute atomic E-state index is 0.0856. The summed E-state index contributed by atoms with van der Waals surface area (Å²) in [6, 6.07) is 18.2. The molecule has 0 saturated carbocycles. The van der Waals surface area contributed by atoms with E-state index in [0.29, 0.717) is 16.9 Å². The first-order valence-corrected chi connectivity index (χ1v) is 7.45. The van der Waals surface area contributed by atoms with E-state index in [2.05, 4.69) is 21.7 Å². The molecule has 25 heavy (non-hydrogen) atoms. The highest BCUT2D eigenvalue weighted by Gasteiger charge is 2.11. The normalized spacial score (nSPS) is 9.92. The van der Waals surface area contributed by atoms with Crippen LogP contribution in [0.2, 0.25) is 0 Å². The third-order valence-electron chi connectivity index (χ3n) is 3.44. The number of hydrogen-bond acceptors (Lipinski definition) is 4. The minimum atomic E-state index is -0.526. The molecule has 0 bridgehead atoms. The molecule has 0 aliphatic heterocycles. The van der Waals surface area contributed by atoms with Crippen LogP contribution in [0, 0.1) is 17.1 Å². The Morgan fingerprint density at radius 3 is 2.52 bits per heavy atom. The van der Waals surface area contributed by atoms with E-state index in [1.54, 1.807) is 42.5 Å². The van der Waals surface area contributed by atoms with Gasteiger partial charge in [-0.1, -0.05) is 24.3 Å². The zero-order chi connectivity index (χ0) is 17.6. The molecule has 3 rings (SSSR count). The number of carbonyl (C=O) groups excluding carboxylic acids is 1. The van der Waals surface area contributed by atoms with Crippen molar-refractivity contribution in [2.45, 2.75) is 0 Å². The van der Waals surface area contributed by atoms with Crippen LogP contribution in [0.5, 0.6) is 0 Å². The zero-order valence-corrected chi connectivity index (χ0v) is 13.0. The van der Waals surface area contributed by atoms with Crippen LogP contribution >= 0.6 is 0 Å². The van der Waals surface area contributed by atoms with E-state index in [4.69, 9.17) is 5.26 Å². The van der Waals surface area contributed by atoms with Gasteiger partial charge in [0.1, 0.15) is 17.6 Å². The number of para-hydroxylation sites is 2. The summed E-state index contributed by atoms with van der Waals surface area (Å²) in [5.74, 6) is -1.05. The molecule has 0 fully saturated rings. The molecule has 5 nitrogen and oxygen atoms in total. The molecule has 0 aliphatic carbocycles. The molecule has 0 saturated heterocycles. The lowest BCUT2D eigenvalue weighted by Gasteiger charge is -2.10. The first-order chi connectivity index (χ1) is 12.2. The highest BCUT2D eigenvalue weighted by Crippen LogP contribution is 2.21. The average Bonchev–Trinajstić information content (AvgIpc) is 2.64. The van der Waals surface area contributed by atoms with Crippen molar-refractivity contribution in [3.05, 3.63) is 83.9 Å². The summed E-state index contributed by atoms with van der Waals surface area (Å²) < 4.78 is 13.6. The molecule has 0 aliphatic rings. The van der Waals surface area contributed by atoms with E-state index in [1.807, 2.05) is 0 Å². The lowest BCUT2D eigenvalue weighted by Crippen LogP contribution is -2.14. The number of nitrogens with one attached hydrogen (secondary N) is 2. The Hall–Kier alpha value is -3.72. The standard InChI is InChI=1S/C19H13FN4O/c20-15-6-2-4-8-17(15)24-19(25)18-11-14(9-10-22-18)23-16-7-3-1-5-13(16)12-21/h1-11H,(H,22,23)(H,24,25). The van der Waals surface area contributed by atoms with E-state index in [9.17, 15) is 9.18 Å². The number of nitrogens with zero attached hydrogens (tertiary/aromatic N) is 2. The molecule has 0 atom stereocenters. The fourth-order valence-corrected chi connectivity index (χ4v) is 2.23. The van der Waals surface area contributed by atoms with Crippen molar-refractivity contribution >= 4 is 23.0 Å². The van der Waals surface area contributed by atoms with E-state index in [-0.39, 0.29) is 11.4 Å². The molecule has 2 N–H and O–H groups in total. The number of nitriles is 1. The number of rotatable bonds is 4. The van der Waals surface area contributed by atoms with E-state index >= 15 is 0 Å². The van der Waals surface area contributed by atoms with Gasteiger partial charge in [-0.3, -0.25) is 9.78 Å². The number of halogens is 1. The van der Waals surface area contributed by atoms with Crippen molar-refractivity contribution in [3.8, 4) is 6.07 Å². The predicted molar refractivity (Wildman–Crippen MR) is 93.0 cm³/mol. The Labute approximate surface area is 143 Å². The molecule has 1 amide bonds. The van der Waals surface area contributed by atoms with Crippen molar-refractivity contribution in [1.29, 1.82) is 5.26 Å². The zero-order valence-electron chi connectivity index (χ0n) is 13.0. The summed E-state index contributed by atoms with van der Waals surface area (Å²) in [6.45, 7) is 0. The first-order valence-electron chi connectivity index (χ1n) is 7.45. The number of pyridine rings is 1. The van der Waals surface area contributed by atoms with Gasteiger partial charge < -0.3 is 10.6 Å². The maximum Gasteiger partial charge on any atom is 0.274 e. The topological polar surface area (TPSA) is 77.8 Å². The van der Waals surface area contributed by atoms with Crippen LogP contribution in [-0.2, 0) is 0 Å². The van der Waals surface area contributed by atoms with Crippen molar-refractivity contribution < 1.29 is 9.18 Å². The number of aromatic nitrogens is 1. The van der Waals surface area contributed by atoms with Gasteiger partial charge in [-0.05, 0) is 36.4 Å². The largest absolute Gasteiger partial charge is 0.354 e. The first kappa shape index (κ1) is 16.1. The SMILES string of the molecule is N#Cc1ccccc1Nc1ccnc(C(=O)Nc2ccccc2F)c1. The lowest BCUT2D eigenvalue weighted by atomic mass is 10.2. The Morgan fingerprint density at radius 2 is 1.76 bits per heavy atom. The average molecular weight is 332 g/mol. The van der Waals surface area contributed by atoms with Crippen molar-refractivity contribution in [2.75, 3.05) is 10.6 Å². The monoisotopic (exact) mass is 332 g/mol. The lowest BCUT2D eigenvalue weighted by molar-refractivity contribution is 0.102. The number of hydrogen-bond donors (Lipinski definition) is 2. The summed E-state index contributed by atoms with van der Waals surface area (Å²) in [5, 5.41) is 14.7. The van der Waals surface area contributed by atoms with E-state index in [0.717, 1.165) is 0 Å². The van der Waals surface area contributed by atoms with Crippen LogP contribution in [-0.4, -0.2) is 10.9 Å². The van der Waals surface area contributed by atoms with Gasteiger partial charge in [-0.25, -0.2) is 4.39 Å². The molecule has 0 radical (unpaired) electrons. The van der Waals surface area contributed by atoms with Gasteiger partial charge in [0.15, 0.2) is 0 Å². The summed E-state index contributed by atoms with van der Waals surface area (Å²) in [4.78, 5) is 16.3. The number of anilines is 3. The Bertz CT molecular complexity index is 965. The third kappa shape index (κ3) is 3.79. The van der Waals surface area contributed by atoms with Crippen LogP contribution in [0.15, 0.2) is 66.9 Å². The Morgan fingerprint density at radius 1 is 1.04 bits per heavy atom.